The summed E-state index contributed by atoms with van der Waals surface area (Å²) in [5.41, 5.74) is 0.700. The van der Waals surface area contributed by atoms with Crippen LogP contribution in [0.3, 0.4) is 0 Å². The van der Waals surface area contributed by atoms with Crippen LogP contribution in [0.4, 0.5) is 4.79 Å². The summed E-state index contributed by atoms with van der Waals surface area (Å²) in [5.74, 6) is 0.708. The summed E-state index contributed by atoms with van der Waals surface area (Å²) in [7, 11) is 1.55. The van der Waals surface area contributed by atoms with Crippen LogP contribution in [-0.2, 0) is 0 Å². The van der Waals surface area contributed by atoms with Crippen molar-refractivity contribution in [3.63, 3.8) is 0 Å². The fourth-order valence-electron chi connectivity index (χ4n) is 1.22. The summed E-state index contributed by atoms with van der Waals surface area (Å²) in [4.78, 5) is 10.3. The van der Waals surface area contributed by atoms with Gasteiger partial charge in [-0.15, -0.1) is 5.10 Å². The zero-order valence-corrected chi connectivity index (χ0v) is 7.88. The number of hydrogen-bond acceptors (Lipinski definition) is 4. The van der Waals surface area contributed by atoms with Crippen LogP contribution >= 0.6 is 0 Å². The van der Waals surface area contributed by atoms with E-state index in [1.54, 1.807) is 25.4 Å². The van der Waals surface area contributed by atoms with Crippen LogP contribution in [0, 0.1) is 0 Å². The Morgan fingerprint density at radius 1 is 1.53 bits per heavy atom. The van der Waals surface area contributed by atoms with Gasteiger partial charge in [0.15, 0.2) is 0 Å². The van der Waals surface area contributed by atoms with Crippen molar-refractivity contribution in [2.24, 2.45) is 0 Å². The quantitative estimate of drug-likeness (QED) is 0.755. The van der Waals surface area contributed by atoms with Crippen molar-refractivity contribution < 1.29 is 19.4 Å². The molecular weight excluding hydrogens is 200 g/mol. The van der Waals surface area contributed by atoms with E-state index in [4.69, 9.17) is 9.84 Å². The average Bonchev–Trinajstić information content (AvgIpc) is 2.57. The molecular formula is C9H8N2O4. The molecule has 0 aliphatic heterocycles. The maximum Gasteiger partial charge on any atom is 0.512 e. The second kappa shape index (κ2) is 3.49. The van der Waals surface area contributed by atoms with Gasteiger partial charge in [0.25, 0.3) is 0 Å². The van der Waals surface area contributed by atoms with Crippen molar-refractivity contribution in [1.82, 2.24) is 9.61 Å². The molecule has 1 N–H and O–H groups in total. The molecule has 78 valence electrons. The number of fused-ring (bicyclic) bond motifs is 1. The van der Waals surface area contributed by atoms with Crippen molar-refractivity contribution in [1.29, 1.82) is 0 Å². The lowest BCUT2D eigenvalue weighted by atomic mass is 10.4. The molecule has 2 rings (SSSR count). The largest absolute Gasteiger partial charge is 0.512 e. The highest BCUT2D eigenvalue weighted by Crippen LogP contribution is 2.18. The van der Waals surface area contributed by atoms with Gasteiger partial charge in [0.05, 0.1) is 12.6 Å². The average molecular weight is 208 g/mol. The van der Waals surface area contributed by atoms with E-state index in [9.17, 15) is 4.79 Å². The molecule has 15 heavy (non-hydrogen) atoms. The third kappa shape index (κ3) is 1.83. The molecule has 2 aromatic rings. The third-order valence-electron chi connectivity index (χ3n) is 1.84. The minimum Gasteiger partial charge on any atom is -0.497 e. The van der Waals surface area contributed by atoms with Gasteiger partial charge in [0.2, 0.25) is 5.88 Å². The zero-order valence-electron chi connectivity index (χ0n) is 7.88. The van der Waals surface area contributed by atoms with Crippen LogP contribution in [0.1, 0.15) is 0 Å². The lowest BCUT2D eigenvalue weighted by Gasteiger charge is -1.98. The molecule has 0 aromatic carbocycles. The standard InChI is InChI=1S/C9H8N2O4/c1-14-7-2-3-11-6(4-7)5-8(10-11)15-9(12)13/h2-5H,1H3,(H,12,13). The van der Waals surface area contributed by atoms with Crippen LogP contribution in [0.15, 0.2) is 24.4 Å². The molecule has 0 fully saturated rings. The SMILES string of the molecule is COc1ccn2nc(OC(=O)O)cc2c1. The number of methoxy groups -OCH3 is 1. The Balaban J connectivity index is 2.42. The highest BCUT2D eigenvalue weighted by atomic mass is 16.7. The number of nitrogens with zero attached hydrogens (tertiary/aromatic N) is 2. The van der Waals surface area contributed by atoms with E-state index in [0.29, 0.717) is 11.3 Å². The van der Waals surface area contributed by atoms with E-state index in [0.717, 1.165) is 0 Å². The van der Waals surface area contributed by atoms with E-state index in [1.807, 2.05) is 0 Å². The van der Waals surface area contributed by atoms with Crippen LogP contribution < -0.4 is 9.47 Å². The van der Waals surface area contributed by atoms with E-state index in [1.165, 1.54) is 10.6 Å². The van der Waals surface area contributed by atoms with Crippen LogP contribution in [0.5, 0.6) is 11.6 Å². The van der Waals surface area contributed by atoms with E-state index in [2.05, 4.69) is 9.84 Å². The second-order valence-corrected chi connectivity index (χ2v) is 2.79. The number of hydrogen-bond donors (Lipinski definition) is 1. The Kier molecular flexibility index (Phi) is 2.17. The molecule has 0 aliphatic carbocycles. The minimum absolute atomic E-state index is 0.0377. The first-order chi connectivity index (χ1) is 7.19. The minimum atomic E-state index is -1.38. The summed E-state index contributed by atoms with van der Waals surface area (Å²) in [5, 5.41) is 12.3. The molecule has 0 spiro atoms. The Hall–Kier alpha value is -2.24. The third-order valence-corrected chi connectivity index (χ3v) is 1.84. The van der Waals surface area contributed by atoms with Crippen LogP contribution in [-0.4, -0.2) is 28.0 Å². The predicted octanol–water partition coefficient (Wildman–Crippen LogP) is 1.40. The Morgan fingerprint density at radius 2 is 2.33 bits per heavy atom. The van der Waals surface area contributed by atoms with Crippen molar-refractivity contribution in [2.75, 3.05) is 7.11 Å². The first-order valence-electron chi connectivity index (χ1n) is 4.13. The number of rotatable bonds is 2. The molecule has 0 unspecified atom stereocenters. The van der Waals surface area contributed by atoms with Gasteiger partial charge in [0, 0.05) is 18.3 Å². The van der Waals surface area contributed by atoms with Gasteiger partial charge >= 0.3 is 6.16 Å². The smallest absolute Gasteiger partial charge is 0.497 e. The number of carboxylic acid groups (broad SMARTS) is 1. The molecule has 2 aromatic heterocycles. The lowest BCUT2D eigenvalue weighted by molar-refractivity contribution is 0.142. The summed E-state index contributed by atoms with van der Waals surface area (Å²) in [6.07, 6.45) is 0.272. The van der Waals surface area contributed by atoms with Crippen LogP contribution in [0.2, 0.25) is 0 Å². The van der Waals surface area contributed by atoms with E-state index < -0.39 is 6.16 Å². The Labute approximate surface area is 84.7 Å². The number of carbonyl (C=O) groups is 1. The van der Waals surface area contributed by atoms with Gasteiger partial charge in [-0.05, 0) is 6.07 Å². The highest BCUT2D eigenvalue weighted by Gasteiger charge is 2.06. The van der Waals surface area contributed by atoms with Gasteiger partial charge in [-0.2, -0.15) is 0 Å². The number of pyridine rings is 1. The molecule has 6 heteroatoms. The molecule has 0 saturated carbocycles. The molecule has 0 amide bonds. The Bertz CT molecular complexity index is 506. The zero-order chi connectivity index (χ0) is 10.8. The van der Waals surface area contributed by atoms with Gasteiger partial charge in [-0.3, -0.25) is 0 Å². The summed E-state index contributed by atoms with van der Waals surface area (Å²) >= 11 is 0. The van der Waals surface area contributed by atoms with Crippen LogP contribution in [0.25, 0.3) is 5.52 Å². The normalized spacial score (nSPS) is 10.2. The topological polar surface area (TPSA) is 73.1 Å². The van der Waals surface area contributed by atoms with Crippen molar-refractivity contribution in [2.45, 2.75) is 0 Å². The molecule has 0 radical (unpaired) electrons. The maximum absolute atomic E-state index is 10.3. The fraction of sp³-hybridized carbons (Fsp3) is 0.111. The monoisotopic (exact) mass is 208 g/mol. The Morgan fingerprint density at radius 3 is 3.00 bits per heavy atom. The molecule has 0 saturated heterocycles. The fourth-order valence-corrected chi connectivity index (χ4v) is 1.22. The second-order valence-electron chi connectivity index (χ2n) is 2.79. The van der Waals surface area contributed by atoms with Gasteiger partial charge in [-0.25, -0.2) is 9.31 Å². The number of aromatic nitrogens is 2. The summed E-state index contributed by atoms with van der Waals surface area (Å²) < 4.78 is 10.9. The molecule has 0 aliphatic rings. The molecule has 2 heterocycles. The number of ether oxygens (including phenoxy) is 2. The van der Waals surface area contributed by atoms with Gasteiger partial charge in [-0.1, -0.05) is 0 Å². The van der Waals surface area contributed by atoms with Gasteiger partial charge < -0.3 is 14.6 Å². The first-order valence-corrected chi connectivity index (χ1v) is 4.13. The predicted molar refractivity (Wildman–Crippen MR) is 50.4 cm³/mol. The van der Waals surface area contributed by atoms with Gasteiger partial charge in [0.1, 0.15) is 5.75 Å². The summed E-state index contributed by atoms with van der Waals surface area (Å²) in [6.45, 7) is 0. The maximum atomic E-state index is 10.3. The van der Waals surface area contributed by atoms with Crippen molar-refractivity contribution in [3.8, 4) is 11.6 Å². The van der Waals surface area contributed by atoms with E-state index in [-0.39, 0.29) is 5.88 Å². The lowest BCUT2D eigenvalue weighted by Crippen LogP contribution is -2.03. The van der Waals surface area contributed by atoms with E-state index >= 15 is 0 Å². The van der Waals surface area contributed by atoms with Crippen molar-refractivity contribution in [3.05, 3.63) is 24.4 Å². The first kappa shape index (κ1) is 9.32. The summed E-state index contributed by atoms with van der Waals surface area (Å²) in [6, 6.07) is 4.95. The molecule has 6 nitrogen and oxygen atoms in total. The highest BCUT2D eigenvalue weighted by molar-refractivity contribution is 5.62. The molecule has 0 bridgehead atoms. The molecule has 0 atom stereocenters. The van der Waals surface area contributed by atoms with Crippen molar-refractivity contribution >= 4 is 11.7 Å².